The number of rotatable bonds is 1. The van der Waals surface area contributed by atoms with Gasteiger partial charge in [0.25, 0.3) is 0 Å². The minimum absolute atomic E-state index is 0.538. The number of hydrogen-bond acceptors (Lipinski definition) is 2. The summed E-state index contributed by atoms with van der Waals surface area (Å²) in [7, 11) is 0. The van der Waals surface area contributed by atoms with E-state index in [0.717, 1.165) is 21.1 Å². The summed E-state index contributed by atoms with van der Waals surface area (Å²) in [5.41, 5.74) is 7.65. The van der Waals surface area contributed by atoms with E-state index in [2.05, 4.69) is 21.3 Å². The van der Waals surface area contributed by atoms with Gasteiger partial charge >= 0.3 is 0 Å². The number of nitrogen functional groups attached to an aromatic ring is 1. The zero-order valence-corrected chi connectivity index (χ0v) is 9.84. The van der Waals surface area contributed by atoms with Gasteiger partial charge in [-0.25, -0.2) is 0 Å². The Kier molecular flexibility index (Phi) is 2.49. The quantitative estimate of drug-likeness (QED) is 0.619. The van der Waals surface area contributed by atoms with E-state index in [1.54, 1.807) is 11.3 Å². The third-order valence-corrected chi connectivity index (χ3v) is 4.13. The van der Waals surface area contributed by atoms with E-state index in [9.17, 15) is 0 Å². The summed E-state index contributed by atoms with van der Waals surface area (Å²) in [6.07, 6.45) is 0. The maximum absolute atomic E-state index is 5.80. The van der Waals surface area contributed by atoms with E-state index in [-0.39, 0.29) is 0 Å². The number of halogens is 2. The molecule has 0 aliphatic carbocycles. The van der Waals surface area contributed by atoms with Gasteiger partial charge in [0.05, 0.1) is 0 Å². The molecule has 0 amide bonds. The van der Waals surface area contributed by atoms with Crippen LogP contribution in [0.1, 0.15) is 5.56 Å². The van der Waals surface area contributed by atoms with Crippen LogP contribution in [0, 0.1) is 0 Å². The molecule has 0 aliphatic rings. The van der Waals surface area contributed by atoms with Crippen molar-refractivity contribution in [2.45, 2.75) is 5.88 Å². The van der Waals surface area contributed by atoms with Crippen molar-refractivity contribution in [3.05, 3.63) is 27.5 Å². The Balaban J connectivity index is 2.82. The van der Waals surface area contributed by atoms with Crippen LogP contribution in [0.25, 0.3) is 10.1 Å². The Labute approximate surface area is 93.6 Å². The standard InChI is InChI=1S/C9H7BrClNS/c10-8-2-6(12)1-7-5(3-11)4-13-9(7)8/h1-2,4H,3,12H2. The fourth-order valence-corrected chi connectivity index (χ4v) is 3.30. The molecule has 0 unspecified atom stereocenters. The molecule has 1 nitrogen and oxygen atoms in total. The highest BCUT2D eigenvalue weighted by Crippen LogP contribution is 2.34. The van der Waals surface area contributed by atoms with Crippen LogP contribution in [0.15, 0.2) is 22.0 Å². The second-order valence-electron chi connectivity index (χ2n) is 2.77. The number of benzene rings is 1. The summed E-state index contributed by atoms with van der Waals surface area (Å²) in [4.78, 5) is 0. The van der Waals surface area contributed by atoms with E-state index in [4.69, 9.17) is 17.3 Å². The van der Waals surface area contributed by atoms with E-state index in [1.807, 2.05) is 12.1 Å². The molecule has 0 bridgehead atoms. The lowest BCUT2D eigenvalue weighted by atomic mass is 10.2. The first-order valence-corrected chi connectivity index (χ1v) is 5.94. The monoisotopic (exact) mass is 275 g/mol. The average molecular weight is 277 g/mol. The molecule has 2 aromatic rings. The van der Waals surface area contributed by atoms with Crippen molar-refractivity contribution in [3.63, 3.8) is 0 Å². The maximum Gasteiger partial charge on any atom is 0.0489 e. The first-order valence-electron chi connectivity index (χ1n) is 3.73. The van der Waals surface area contributed by atoms with Crippen molar-refractivity contribution in [1.82, 2.24) is 0 Å². The molecule has 2 rings (SSSR count). The normalized spacial score (nSPS) is 10.9. The number of fused-ring (bicyclic) bond motifs is 1. The lowest BCUT2D eigenvalue weighted by Crippen LogP contribution is -1.84. The minimum atomic E-state index is 0.538. The predicted molar refractivity (Wildman–Crippen MR) is 63.5 cm³/mol. The maximum atomic E-state index is 5.80. The summed E-state index contributed by atoms with van der Waals surface area (Å²) in [5.74, 6) is 0.538. The van der Waals surface area contributed by atoms with Crippen molar-refractivity contribution < 1.29 is 0 Å². The summed E-state index contributed by atoms with van der Waals surface area (Å²) >= 11 is 11.0. The summed E-state index contributed by atoms with van der Waals surface area (Å²) in [5, 5.41) is 3.23. The van der Waals surface area contributed by atoms with Gasteiger partial charge in [0.15, 0.2) is 0 Å². The Morgan fingerprint density at radius 2 is 2.23 bits per heavy atom. The molecule has 68 valence electrons. The Morgan fingerprint density at radius 3 is 2.92 bits per heavy atom. The number of hydrogen-bond donors (Lipinski definition) is 1. The van der Waals surface area contributed by atoms with Crippen LogP contribution in [0.2, 0.25) is 0 Å². The second-order valence-corrected chi connectivity index (χ2v) is 4.78. The molecule has 0 atom stereocenters. The third-order valence-electron chi connectivity index (χ3n) is 1.87. The van der Waals surface area contributed by atoms with Crippen LogP contribution in [0.3, 0.4) is 0 Å². The zero-order valence-electron chi connectivity index (χ0n) is 6.68. The highest BCUT2D eigenvalue weighted by atomic mass is 79.9. The van der Waals surface area contributed by atoms with E-state index >= 15 is 0 Å². The smallest absolute Gasteiger partial charge is 0.0489 e. The van der Waals surface area contributed by atoms with Crippen molar-refractivity contribution in [2.75, 3.05) is 5.73 Å². The fourth-order valence-electron chi connectivity index (χ4n) is 1.27. The van der Waals surface area contributed by atoms with E-state index in [0.29, 0.717) is 5.88 Å². The molecule has 13 heavy (non-hydrogen) atoms. The van der Waals surface area contributed by atoms with Crippen LogP contribution < -0.4 is 5.73 Å². The van der Waals surface area contributed by atoms with Crippen LogP contribution in [-0.2, 0) is 5.88 Å². The fraction of sp³-hybridized carbons (Fsp3) is 0.111. The molecule has 1 heterocycles. The third kappa shape index (κ3) is 1.56. The van der Waals surface area contributed by atoms with Gasteiger partial charge in [0.1, 0.15) is 0 Å². The summed E-state index contributed by atoms with van der Waals surface area (Å²) in [6, 6.07) is 3.88. The van der Waals surface area contributed by atoms with Crippen LogP contribution in [0.5, 0.6) is 0 Å². The van der Waals surface area contributed by atoms with Crippen LogP contribution in [-0.4, -0.2) is 0 Å². The number of alkyl halides is 1. The van der Waals surface area contributed by atoms with Crippen molar-refractivity contribution >= 4 is 54.6 Å². The molecular formula is C9H7BrClNS. The first kappa shape index (κ1) is 9.31. The highest BCUT2D eigenvalue weighted by molar-refractivity contribution is 9.10. The number of thiophene rings is 1. The lowest BCUT2D eigenvalue weighted by Gasteiger charge is -1.98. The molecule has 0 fully saturated rings. The van der Waals surface area contributed by atoms with Gasteiger partial charge in [0.2, 0.25) is 0 Å². The van der Waals surface area contributed by atoms with Gasteiger partial charge in [-0.2, -0.15) is 0 Å². The van der Waals surface area contributed by atoms with E-state index < -0.39 is 0 Å². The molecule has 0 saturated carbocycles. The average Bonchev–Trinajstić information content (AvgIpc) is 2.47. The van der Waals surface area contributed by atoms with Gasteiger partial charge < -0.3 is 5.73 Å². The molecular weight excluding hydrogens is 270 g/mol. The molecule has 4 heteroatoms. The molecule has 1 aromatic carbocycles. The molecule has 2 N–H and O–H groups in total. The van der Waals surface area contributed by atoms with E-state index in [1.165, 1.54) is 4.70 Å². The lowest BCUT2D eigenvalue weighted by molar-refractivity contribution is 1.50. The molecule has 0 radical (unpaired) electrons. The Morgan fingerprint density at radius 1 is 1.46 bits per heavy atom. The van der Waals surface area contributed by atoms with Crippen LogP contribution in [0.4, 0.5) is 5.69 Å². The molecule has 0 aliphatic heterocycles. The van der Waals surface area contributed by atoms with Gasteiger partial charge in [-0.3, -0.25) is 0 Å². The first-order chi connectivity index (χ1) is 6.22. The second kappa shape index (κ2) is 3.48. The SMILES string of the molecule is Nc1cc(Br)c2scc(CCl)c2c1. The van der Waals surface area contributed by atoms with Gasteiger partial charge in [-0.05, 0) is 39.0 Å². The van der Waals surface area contributed by atoms with Crippen molar-refractivity contribution in [1.29, 1.82) is 0 Å². The van der Waals surface area contributed by atoms with Gasteiger partial charge in [-0.1, -0.05) is 0 Å². The van der Waals surface area contributed by atoms with Crippen molar-refractivity contribution in [3.8, 4) is 0 Å². The minimum Gasteiger partial charge on any atom is -0.399 e. The molecule has 0 saturated heterocycles. The Bertz CT molecular complexity index is 452. The zero-order chi connectivity index (χ0) is 9.42. The number of anilines is 1. The highest BCUT2D eigenvalue weighted by Gasteiger charge is 2.06. The summed E-state index contributed by atoms with van der Waals surface area (Å²) < 4.78 is 2.26. The van der Waals surface area contributed by atoms with Gasteiger partial charge in [0, 0.05) is 26.1 Å². The van der Waals surface area contributed by atoms with Gasteiger partial charge in [-0.15, -0.1) is 22.9 Å². The topological polar surface area (TPSA) is 26.0 Å². The summed E-state index contributed by atoms with van der Waals surface area (Å²) in [6.45, 7) is 0. The van der Waals surface area contributed by atoms with Crippen molar-refractivity contribution in [2.24, 2.45) is 0 Å². The molecule has 1 aromatic heterocycles. The van der Waals surface area contributed by atoms with Crippen LogP contribution >= 0.6 is 38.9 Å². The largest absolute Gasteiger partial charge is 0.399 e. The Hall–Kier alpha value is -0.250. The number of nitrogens with two attached hydrogens (primary N) is 1. The molecule has 0 spiro atoms. The predicted octanol–water partition coefficient (Wildman–Crippen LogP) is 3.98.